The fraction of sp³-hybridized carbons (Fsp3) is 0.533. The van der Waals surface area contributed by atoms with Crippen LogP contribution in [0, 0.1) is 5.92 Å². The van der Waals surface area contributed by atoms with Gasteiger partial charge in [0, 0.05) is 12.1 Å². The molecule has 1 fully saturated rings. The number of nitrogens with one attached hydrogen (secondary N) is 1. The van der Waals surface area contributed by atoms with Gasteiger partial charge in [-0.05, 0) is 30.9 Å². The standard InChI is InChI=1S/C15H22N2O2S2/c16-15(20)13-7-9-14(10-8-13)21(18,19)17-11-3-6-12-4-1-2-5-12/h7-10,12,17H,1-6,11H2,(H2,16,20). The SMILES string of the molecule is NC(=S)c1ccc(S(=O)(=O)NCCCC2CCCC2)cc1. The zero-order chi connectivity index (χ0) is 15.3. The van der Waals surface area contributed by atoms with Gasteiger partial charge >= 0.3 is 0 Å². The van der Waals surface area contributed by atoms with E-state index in [2.05, 4.69) is 4.72 Å². The summed E-state index contributed by atoms with van der Waals surface area (Å²) in [4.78, 5) is 0.520. The van der Waals surface area contributed by atoms with Crippen molar-refractivity contribution in [1.82, 2.24) is 4.72 Å². The van der Waals surface area contributed by atoms with Crippen molar-refractivity contribution in [3.63, 3.8) is 0 Å². The third-order valence-electron chi connectivity index (χ3n) is 4.01. The third-order valence-corrected chi connectivity index (χ3v) is 5.72. The van der Waals surface area contributed by atoms with Gasteiger partial charge in [0.15, 0.2) is 0 Å². The Kier molecular flexibility index (Phi) is 5.72. The molecular weight excluding hydrogens is 304 g/mol. The molecule has 4 nitrogen and oxygen atoms in total. The van der Waals surface area contributed by atoms with Gasteiger partial charge in [-0.25, -0.2) is 13.1 Å². The van der Waals surface area contributed by atoms with E-state index in [0.29, 0.717) is 12.1 Å². The van der Waals surface area contributed by atoms with Gasteiger partial charge < -0.3 is 5.73 Å². The van der Waals surface area contributed by atoms with Crippen LogP contribution in [-0.2, 0) is 10.0 Å². The van der Waals surface area contributed by atoms with E-state index in [4.69, 9.17) is 18.0 Å². The smallest absolute Gasteiger partial charge is 0.240 e. The molecule has 116 valence electrons. The van der Waals surface area contributed by atoms with Gasteiger partial charge in [0.1, 0.15) is 4.99 Å². The van der Waals surface area contributed by atoms with Gasteiger partial charge in [0.25, 0.3) is 0 Å². The fourth-order valence-electron chi connectivity index (χ4n) is 2.78. The van der Waals surface area contributed by atoms with Gasteiger partial charge in [0.05, 0.1) is 4.90 Å². The molecule has 21 heavy (non-hydrogen) atoms. The Bertz CT molecular complexity index is 576. The maximum Gasteiger partial charge on any atom is 0.240 e. The molecular formula is C15H22N2O2S2. The van der Waals surface area contributed by atoms with Crippen molar-refractivity contribution >= 4 is 27.2 Å². The lowest BCUT2D eigenvalue weighted by Gasteiger charge is -2.10. The third kappa shape index (κ3) is 4.76. The quantitative estimate of drug-likeness (QED) is 0.597. The zero-order valence-electron chi connectivity index (χ0n) is 12.0. The zero-order valence-corrected chi connectivity index (χ0v) is 13.7. The Balaban J connectivity index is 1.84. The number of hydrogen-bond acceptors (Lipinski definition) is 3. The largest absolute Gasteiger partial charge is 0.389 e. The molecule has 0 aromatic heterocycles. The number of thiocarbonyl (C=S) groups is 1. The molecule has 0 bridgehead atoms. The highest BCUT2D eigenvalue weighted by atomic mass is 32.2. The highest BCUT2D eigenvalue weighted by Gasteiger charge is 2.16. The first-order valence-electron chi connectivity index (χ1n) is 7.38. The van der Waals surface area contributed by atoms with Crippen molar-refractivity contribution in [3.8, 4) is 0 Å². The minimum Gasteiger partial charge on any atom is -0.389 e. The lowest BCUT2D eigenvalue weighted by Crippen LogP contribution is -2.25. The second-order valence-corrected chi connectivity index (χ2v) is 7.79. The average Bonchev–Trinajstić information content (AvgIpc) is 2.97. The molecule has 0 radical (unpaired) electrons. The summed E-state index contributed by atoms with van der Waals surface area (Å²) in [6, 6.07) is 6.34. The predicted octanol–water partition coefficient (Wildman–Crippen LogP) is 2.57. The van der Waals surface area contributed by atoms with E-state index in [1.165, 1.54) is 37.8 Å². The van der Waals surface area contributed by atoms with Gasteiger partial charge in [-0.1, -0.05) is 50.0 Å². The van der Waals surface area contributed by atoms with Crippen LogP contribution < -0.4 is 10.5 Å². The summed E-state index contributed by atoms with van der Waals surface area (Å²) in [5.74, 6) is 0.791. The number of benzene rings is 1. The number of rotatable bonds is 7. The Morgan fingerprint density at radius 3 is 2.43 bits per heavy atom. The van der Waals surface area contributed by atoms with Crippen LogP contribution in [0.1, 0.15) is 44.1 Å². The van der Waals surface area contributed by atoms with E-state index in [1.54, 1.807) is 12.1 Å². The first kappa shape index (κ1) is 16.4. The molecule has 0 spiro atoms. The van der Waals surface area contributed by atoms with Crippen molar-refractivity contribution in [2.45, 2.75) is 43.4 Å². The van der Waals surface area contributed by atoms with Gasteiger partial charge in [-0.15, -0.1) is 0 Å². The molecule has 0 amide bonds. The molecule has 0 atom stereocenters. The average molecular weight is 326 g/mol. The van der Waals surface area contributed by atoms with E-state index in [0.717, 1.165) is 18.8 Å². The molecule has 6 heteroatoms. The minimum absolute atomic E-state index is 0.253. The molecule has 1 saturated carbocycles. The second-order valence-electron chi connectivity index (χ2n) is 5.58. The summed E-state index contributed by atoms with van der Waals surface area (Å²) in [5.41, 5.74) is 6.17. The van der Waals surface area contributed by atoms with Gasteiger partial charge in [-0.3, -0.25) is 0 Å². The monoisotopic (exact) mass is 326 g/mol. The Labute approximate surface area is 132 Å². The predicted molar refractivity (Wildman–Crippen MR) is 88.7 cm³/mol. The molecule has 1 aromatic rings. The Hall–Kier alpha value is -0.980. The number of nitrogens with two attached hydrogens (primary N) is 1. The van der Waals surface area contributed by atoms with Gasteiger partial charge in [-0.2, -0.15) is 0 Å². The van der Waals surface area contributed by atoms with Crippen LogP contribution >= 0.6 is 12.2 Å². The number of hydrogen-bond donors (Lipinski definition) is 2. The lowest BCUT2D eigenvalue weighted by molar-refractivity contribution is 0.480. The van der Waals surface area contributed by atoms with Crippen LogP contribution in [0.4, 0.5) is 0 Å². The summed E-state index contributed by atoms with van der Waals surface area (Å²) >= 11 is 4.85. The van der Waals surface area contributed by atoms with Crippen LogP contribution in [0.15, 0.2) is 29.2 Å². The highest BCUT2D eigenvalue weighted by Crippen LogP contribution is 2.28. The van der Waals surface area contributed by atoms with Crippen molar-refractivity contribution < 1.29 is 8.42 Å². The van der Waals surface area contributed by atoms with Crippen LogP contribution in [0.3, 0.4) is 0 Å². The lowest BCUT2D eigenvalue weighted by atomic mass is 10.0. The van der Waals surface area contributed by atoms with Gasteiger partial charge in [0.2, 0.25) is 10.0 Å². The Morgan fingerprint density at radius 1 is 1.24 bits per heavy atom. The molecule has 2 rings (SSSR count). The van der Waals surface area contributed by atoms with Crippen LogP contribution in [-0.4, -0.2) is 20.0 Å². The minimum atomic E-state index is -3.43. The molecule has 0 heterocycles. The molecule has 3 N–H and O–H groups in total. The Morgan fingerprint density at radius 2 is 1.86 bits per heavy atom. The van der Waals surface area contributed by atoms with Crippen molar-refractivity contribution in [1.29, 1.82) is 0 Å². The normalized spacial score (nSPS) is 16.2. The van der Waals surface area contributed by atoms with Crippen molar-refractivity contribution in [2.24, 2.45) is 11.7 Å². The molecule has 0 saturated heterocycles. The summed E-state index contributed by atoms with van der Waals surface area (Å²) in [7, 11) is -3.43. The van der Waals surface area contributed by atoms with E-state index < -0.39 is 10.0 Å². The van der Waals surface area contributed by atoms with Crippen molar-refractivity contribution in [3.05, 3.63) is 29.8 Å². The summed E-state index contributed by atoms with van der Waals surface area (Å²) < 4.78 is 26.9. The maximum absolute atomic E-state index is 12.1. The van der Waals surface area contributed by atoms with Crippen LogP contribution in [0.25, 0.3) is 0 Å². The molecule has 1 aromatic carbocycles. The molecule has 1 aliphatic rings. The highest BCUT2D eigenvalue weighted by molar-refractivity contribution is 7.89. The first-order valence-corrected chi connectivity index (χ1v) is 9.28. The van der Waals surface area contributed by atoms with Crippen molar-refractivity contribution in [2.75, 3.05) is 6.54 Å². The topological polar surface area (TPSA) is 72.2 Å². The molecule has 0 unspecified atom stereocenters. The number of sulfonamides is 1. The molecule has 0 aliphatic heterocycles. The molecule has 1 aliphatic carbocycles. The van der Waals surface area contributed by atoms with Crippen LogP contribution in [0.2, 0.25) is 0 Å². The van der Waals surface area contributed by atoms with Crippen LogP contribution in [0.5, 0.6) is 0 Å². The maximum atomic E-state index is 12.1. The first-order chi connectivity index (χ1) is 9.99. The van der Waals surface area contributed by atoms with E-state index in [1.807, 2.05) is 0 Å². The van der Waals surface area contributed by atoms with E-state index >= 15 is 0 Å². The summed E-state index contributed by atoms with van der Waals surface area (Å²) in [5, 5.41) is 0. The van der Waals surface area contributed by atoms with E-state index in [-0.39, 0.29) is 9.88 Å². The van der Waals surface area contributed by atoms with E-state index in [9.17, 15) is 8.42 Å². The summed E-state index contributed by atoms with van der Waals surface area (Å²) in [6.07, 6.45) is 7.26. The summed E-state index contributed by atoms with van der Waals surface area (Å²) in [6.45, 7) is 0.496. The fourth-order valence-corrected chi connectivity index (χ4v) is 3.99. The second kappa shape index (κ2) is 7.33.